The lowest BCUT2D eigenvalue weighted by atomic mass is 10.1. The number of rotatable bonds is 4. The Balaban J connectivity index is 2.15. The topological polar surface area (TPSA) is 55.2 Å². The SMILES string of the molecule is Cc1cc(Br)ccc1NCc1ccc(Br)c([N+](=O)[O-])c1. The molecule has 20 heavy (non-hydrogen) atoms. The molecular formula is C14H12Br2N2O2. The molecule has 0 atom stereocenters. The summed E-state index contributed by atoms with van der Waals surface area (Å²) in [5.41, 5.74) is 3.07. The van der Waals surface area contributed by atoms with E-state index in [0.717, 1.165) is 21.3 Å². The molecule has 0 unspecified atom stereocenters. The van der Waals surface area contributed by atoms with Crippen LogP contribution in [-0.2, 0) is 6.54 Å². The predicted octanol–water partition coefficient (Wildman–Crippen LogP) is 5.04. The summed E-state index contributed by atoms with van der Waals surface area (Å²) in [6, 6.07) is 11.1. The summed E-state index contributed by atoms with van der Waals surface area (Å²) in [5.74, 6) is 0. The molecule has 2 aromatic carbocycles. The number of hydrogen-bond donors (Lipinski definition) is 1. The van der Waals surface area contributed by atoms with Crippen LogP contribution in [0.1, 0.15) is 11.1 Å². The van der Waals surface area contributed by atoms with E-state index in [4.69, 9.17) is 0 Å². The van der Waals surface area contributed by atoms with E-state index < -0.39 is 4.92 Å². The van der Waals surface area contributed by atoms with E-state index >= 15 is 0 Å². The van der Waals surface area contributed by atoms with Gasteiger partial charge in [0, 0.05) is 22.8 Å². The second kappa shape index (κ2) is 6.37. The monoisotopic (exact) mass is 398 g/mol. The van der Waals surface area contributed by atoms with Gasteiger partial charge in [-0.15, -0.1) is 0 Å². The van der Waals surface area contributed by atoms with Crippen LogP contribution >= 0.6 is 31.9 Å². The number of anilines is 1. The molecule has 0 aliphatic rings. The van der Waals surface area contributed by atoms with Crippen LogP contribution in [0, 0.1) is 17.0 Å². The molecule has 0 spiro atoms. The summed E-state index contributed by atoms with van der Waals surface area (Å²) in [6.07, 6.45) is 0. The van der Waals surface area contributed by atoms with E-state index in [0.29, 0.717) is 11.0 Å². The van der Waals surface area contributed by atoms with Crippen molar-refractivity contribution in [2.45, 2.75) is 13.5 Å². The lowest BCUT2D eigenvalue weighted by Gasteiger charge is -2.10. The van der Waals surface area contributed by atoms with Crippen molar-refractivity contribution in [3.05, 3.63) is 66.6 Å². The van der Waals surface area contributed by atoms with Gasteiger partial charge in [0.25, 0.3) is 5.69 Å². The molecule has 0 heterocycles. The first-order valence-corrected chi connectivity index (χ1v) is 7.49. The first-order valence-electron chi connectivity index (χ1n) is 5.90. The number of nitrogens with one attached hydrogen (secondary N) is 1. The second-order valence-corrected chi connectivity index (χ2v) is 6.13. The Bertz CT molecular complexity index is 660. The summed E-state index contributed by atoms with van der Waals surface area (Å²) >= 11 is 6.60. The molecule has 0 aromatic heterocycles. The van der Waals surface area contributed by atoms with Crippen LogP contribution in [0.5, 0.6) is 0 Å². The van der Waals surface area contributed by atoms with Gasteiger partial charge in [-0.3, -0.25) is 10.1 Å². The molecule has 0 aliphatic carbocycles. The van der Waals surface area contributed by atoms with E-state index in [1.54, 1.807) is 12.1 Å². The molecule has 0 saturated carbocycles. The average Bonchev–Trinajstić information content (AvgIpc) is 2.39. The maximum atomic E-state index is 10.9. The number of hydrogen-bond acceptors (Lipinski definition) is 3. The van der Waals surface area contributed by atoms with Gasteiger partial charge >= 0.3 is 0 Å². The molecule has 0 amide bonds. The van der Waals surface area contributed by atoms with Crippen molar-refractivity contribution < 1.29 is 4.92 Å². The van der Waals surface area contributed by atoms with Gasteiger partial charge in [-0.2, -0.15) is 0 Å². The van der Waals surface area contributed by atoms with E-state index in [-0.39, 0.29) is 5.69 Å². The first-order chi connectivity index (χ1) is 9.47. The number of benzene rings is 2. The highest BCUT2D eigenvalue weighted by atomic mass is 79.9. The van der Waals surface area contributed by atoms with Crippen LogP contribution in [-0.4, -0.2) is 4.92 Å². The zero-order chi connectivity index (χ0) is 14.7. The van der Waals surface area contributed by atoms with Crippen molar-refractivity contribution in [2.75, 3.05) is 5.32 Å². The maximum Gasteiger partial charge on any atom is 0.283 e. The van der Waals surface area contributed by atoms with Gasteiger partial charge < -0.3 is 5.32 Å². The van der Waals surface area contributed by atoms with Crippen LogP contribution in [0.4, 0.5) is 11.4 Å². The molecule has 6 heteroatoms. The quantitative estimate of drug-likeness (QED) is 0.578. The van der Waals surface area contributed by atoms with Crippen LogP contribution in [0.15, 0.2) is 45.3 Å². The molecule has 0 saturated heterocycles. The highest BCUT2D eigenvalue weighted by molar-refractivity contribution is 9.10. The Labute approximate surface area is 133 Å². The Morgan fingerprint density at radius 3 is 2.60 bits per heavy atom. The predicted molar refractivity (Wildman–Crippen MR) is 87.0 cm³/mol. The zero-order valence-electron chi connectivity index (χ0n) is 10.7. The third-order valence-electron chi connectivity index (χ3n) is 2.88. The fraction of sp³-hybridized carbons (Fsp3) is 0.143. The molecule has 0 aliphatic heterocycles. The van der Waals surface area contributed by atoms with Gasteiger partial charge in [0.2, 0.25) is 0 Å². The lowest BCUT2D eigenvalue weighted by molar-refractivity contribution is -0.385. The summed E-state index contributed by atoms with van der Waals surface area (Å²) in [7, 11) is 0. The van der Waals surface area contributed by atoms with Gasteiger partial charge in [0.05, 0.1) is 9.40 Å². The normalized spacial score (nSPS) is 10.3. The lowest BCUT2D eigenvalue weighted by Crippen LogP contribution is -2.02. The van der Waals surface area contributed by atoms with Crippen molar-refractivity contribution in [1.82, 2.24) is 0 Å². The van der Waals surface area contributed by atoms with Gasteiger partial charge in [-0.05, 0) is 58.2 Å². The molecule has 0 bridgehead atoms. The summed E-state index contributed by atoms with van der Waals surface area (Å²) in [5, 5.41) is 14.2. The highest BCUT2D eigenvalue weighted by Gasteiger charge is 2.12. The minimum absolute atomic E-state index is 0.0804. The second-order valence-electron chi connectivity index (χ2n) is 4.36. The summed E-state index contributed by atoms with van der Waals surface area (Å²) in [4.78, 5) is 10.5. The zero-order valence-corrected chi connectivity index (χ0v) is 13.9. The van der Waals surface area contributed by atoms with E-state index in [2.05, 4.69) is 37.2 Å². The van der Waals surface area contributed by atoms with Crippen molar-refractivity contribution in [2.24, 2.45) is 0 Å². The fourth-order valence-electron chi connectivity index (χ4n) is 1.83. The van der Waals surface area contributed by atoms with Crippen molar-refractivity contribution in [1.29, 1.82) is 0 Å². The highest BCUT2D eigenvalue weighted by Crippen LogP contribution is 2.26. The Kier molecular flexibility index (Phi) is 4.77. The maximum absolute atomic E-state index is 10.9. The van der Waals surface area contributed by atoms with Crippen LogP contribution < -0.4 is 5.32 Å². The van der Waals surface area contributed by atoms with Gasteiger partial charge in [0.15, 0.2) is 0 Å². The minimum Gasteiger partial charge on any atom is -0.381 e. The van der Waals surface area contributed by atoms with E-state index in [1.807, 2.05) is 31.2 Å². The molecule has 104 valence electrons. The van der Waals surface area contributed by atoms with Crippen LogP contribution in [0.2, 0.25) is 0 Å². The third-order valence-corrected chi connectivity index (χ3v) is 4.04. The number of halogens is 2. The number of nitro groups is 1. The van der Waals surface area contributed by atoms with Crippen molar-refractivity contribution in [3.8, 4) is 0 Å². The molecule has 0 fully saturated rings. The van der Waals surface area contributed by atoms with Gasteiger partial charge in [-0.25, -0.2) is 0 Å². The van der Waals surface area contributed by atoms with Gasteiger partial charge in [-0.1, -0.05) is 22.0 Å². The fourth-order valence-corrected chi connectivity index (χ4v) is 2.70. The largest absolute Gasteiger partial charge is 0.381 e. The van der Waals surface area contributed by atoms with Crippen LogP contribution in [0.25, 0.3) is 0 Å². The first kappa shape index (κ1) is 15.0. The van der Waals surface area contributed by atoms with Crippen molar-refractivity contribution >= 4 is 43.2 Å². The van der Waals surface area contributed by atoms with Gasteiger partial charge in [0.1, 0.15) is 0 Å². The summed E-state index contributed by atoms with van der Waals surface area (Å²) < 4.78 is 1.52. The van der Waals surface area contributed by atoms with Crippen molar-refractivity contribution in [3.63, 3.8) is 0 Å². The van der Waals surface area contributed by atoms with E-state index in [9.17, 15) is 10.1 Å². The molecule has 2 aromatic rings. The average molecular weight is 400 g/mol. The number of nitrogens with zero attached hydrogens (tertiary/aromatic N) is 1. The number of nitro benzene ring substituents is 1. The third kappa shape index (κ3) is 3.58. The summed E-state index contributed by atoms with van der Waals surface area (Å²) in [6.45, 7) is 2.55. The standard InChI is InChI=1S/C14H12Br2N2O2/c1-9-6-11(15)3-5-13(9)17-8-10-2-4-12(16)14(7-10)18(19)20/h2-7,17H,8H2,1H3. The Morgan fingerprint density at radius 2 is 1.95 bits per heavy atom. The smallest absolute Gasteiger partial charge is 0.283 e. The molecule has 2 rings (SSSR count). The molecule has 1 N–H and O–H groups in total. The Morgan fingerprint density at radius 1 is 1.20 bits per heavy atom. The molecule has 4 nitrogen and oxygen atoms in total. The van der Waals surface area contributed by atoms with E-state index in [1.165, 1.54) is 0 Å². The van der Waals surface area contributed by atoms with Crippen LogP contribution in [0.3, 0.4) is 0 Å². The molecular weight excluding hydrogens is 388 g/mol. The molecule has 0 radical (unpaired) electrons. The number of aryl methyl sites for hydroxylation is 1. The Hall–Kier alpha value is -1.40. The minimum atomic E-state index is -0.390.